The number of rotatable bonds is 7. The van der Waals surface area contributed by atoms with E-state index >= 15 is 0 Å². The quantitative estimate of drug-likeness (QED) is 0.785. The number of likely N-dealkylation sites (tertiary alicyclic amines) is 1. The number of hydrogen-bond donors (Lipinski definition) is 2. The molecule has 2 rings (SSSR count). The Labute approximate surface area is 126 Å². The summed E-state index contributed by atoms with van der Waals surface area (Å²) in [6.07, 6.45) is 6.16. The Kier molecular flexibility index (Phi) is 6.56. The first kappa shape index (κ1) is 15.9. The summed E-state index contributed by atoms with van der Waals surface area (Å²) in [6.45, 7) is 5.12. The van der Waals surface area contributed by atoms with Gasteiger partial charge in [-0.25, -0.2) is 4.79 Å². The number of carbonyl (C=O) groups is 1. The Hall–Kier alpha value is -1.53. The van der Waals surface area contributed by atoms with Crippen LogP contribution in [0.1, 0.15) is 12.8 Å². The van der Waals surface area contributed by atoms with E-state index in [9.17, 15) is 4.79 Å². The van der Waals surface area contributed by atoms with Crippen molar-refractivity contribution in [2.75, 3.05) is 39.9 Å². The lowest BCUT2D eigenvalue weighted by Gasteiger charge is -2.32. The molecular weight excluding hydrogens is 268 g/mol. The van der Waals surface area contributed by atoms with Crippen molar-refractivity contribution >= 4 is 6.03 Å². The summed E-state index contributed by atoms with van der Waals surface area (Å²) >= 11 is 0. The lowest BCUT2D eigenvalue weighted by molar-refractivity contribution is 0.123. The third-order valence-corrected chi connectivity index (χ3v) is 3.77. The van der Waals surface area contributed by atoms with E-state index in [-0.39, 0.29) is 12.1 Å². The summed E-state index contributed by atoms with van der Waals surface area (Å²) in [5, 5.41) is 5.98. The van der Waals surface area contributed by atoms with Crippen LogP contribution >= 0.6 is 0 Å². The molecule has 0 unspecified atom stereocenters. The van der Waals surface area contributed by atoms with Crippen molar-refractivity contribution in [3.05, 3.63) is 24.5 Å². The van der Waals surface area contributed by atoms with Crippen LogP contribution in [-0.2, 0) is 11.3 Å². The molecule has 0 spiro atoms. The maximum atomic E-state index is 11.9. The average molecular weight is 294 g/mol. The minimum atomic E-state index is -0.0688. The first-order chi connectivity index (χ1) is 10.3. The number of urea groups is 1. The minimum Gasteiger partial charge on any atom is -0.383 e. The second kappa shape index (κ2) is 8.69. The van der Waals surface area contributed by atoms with Crippen LogP contribution in [0.15, 0.2) is 24.5 Å². The summed E-state index contributed by atoms with van der Waals surface area (Å²) in [6, 6.07) is 4.14. The Morgan fingerprint density at radius 2 is 2.14 bits per heavy atom. The van der Waals surface area contributed by atoms with Crippen molar-refractivity contribution in [3.63, 3.8) is 0 Å². The molecule has 1 aliphatic heterocycles. The first-order valence-electron chi connectivity index (χ1n) is 7.64. The zero-order chi connectivity index (χ0) is 14.9. The number of aromatic nitrogens is 1. The Morgan fingerprint density at radius 1 is 1.33 bits per heavy atom. The smallest absolute Gasteiger partial charge is 0.315 e. The molecule has 0 saturated carbocycles. The number of amides is 2. The maximum absolute atomic E-state index is 11.9. The SMILES string of the molecule is COCCN1CCC[C@@H](NC(=O)NCCn2cccc2)C1. The van der Waals surface area contributed by atoms with E-state index in [1.54, 1.807) is 7.11 Å². The molecule has 118 valence electrons. The molecule has 1 atom stereocenters. The van der Waals surface area contributed by atoms with E-state index in [4.69, 9.17) is 4.74 Å². The van der Waals surface area contributed by atoms with Crippen molar-refractivity contribution in [1.29, 1.82) is 0 Å². The summed E-state index contributed by atoms with van der Waals surface area (Å²) in [4.78, 5) is 14.2. The summed E-state index contributed by atoms with van der Waals surface area (Å²) < 4.78 is 7.15. The number of nitrogens with zero attached hydrogens (tertiary/aromatic N) is 2. The van der Waals surface area contributed by atoms with Gasteiger partial charge in [0, 0.05) is 51.7 Å². The highest BCUT2D eigenvalue weighted by molar-refractivity contribution is 5.74. The number of nitrogens with one attached hydrogen (secondary N) is 2. The molecule has 1 aliphatic rings. The second-order valence-electron chi connectivity index (χ2n) is 5.45. The second-order valence-corrected chi connectivity index (χ2v) is 5.45. The zero-order valence-corrected chi connectivity index (χ0v) is 12.8. The molecule has 0 aromatic carbocycles. The van der Waals surface area contributed by atoms with Crippen LogP contribution < -0.4 is 10.6 Å². The molecule has 2 N–H and O–H groups in total. The van der Waals surface area contributed by atoms with Gasteiger partial charge in [-0.05, 0) is 31.5 Å². The van der Waals surface area contributed by atoms with E-state index < -0.39 is 0 Å². The lowest BCUT2D eigenvalue weighted by Crippen LogP contribution is -2.51. The lowest BCUT2D eigenvalue weighted by atomic mass is 10.1. The van der Waals surface area contributed by atoms with Crippen molar-refractivity contribution in [1.82, 2.24) is 20.1 Å². The van der Waals surface area contributed by atoms with E-state index in [0.717, 1.165) is 45.6 Å². The molecule has 21 heavy (non-hydrogen) atoms. The minimum absolute atomic E-state index is 0.0688. The first-order valence-corrected chi connectivity index (χ1v) is 7.64. The van der Waals surface area contributed by atoms with Gasteiger partial charge in [-0.3, -0.25) is 4.90 Å². The van der Waals surface area contributed by atoms with Gasteiger partial charge in [0.1, 0.15) is 0 Å². The standard InChI is InChI=1S/C15H26N4O2/c1-21-12-11-19-9-4-5-14(13-19)17-15(20)16-6-10-18-7-2-3-8-18/h2-3,7-8,14H,4-6,9-13H2,1H3,(H2,16,17,20)/t14-/m1/s1. The normalized spacial score (nSPS) is 19.4. The molecule has 6 nitrogen and oxygen atoms in total. The fraction of sp³-hybridized carbons (Fsp3) is 0.667. The number of hydrogen-bond acceptors (Lipinski definition) is 3. The van der Waals surface area contributed by atoms with Gasteiger partial charge in [0.15, 0.2) is 0 Å². The Bertz CT molecular complexity index is 408. The van der Waals surface area contributed by atoms with Crippen molar-refractivity contribution in [2.45, 2.75) is 25.4 Å². The van der Waals surface area contributed by atoms with Gasteiger partial charge in [0.2, 0.25) is 0 Å². The van der Waals surface area contributed by atoms with Gasteiger partial charge in [-0.1, -0.05) is 0 Å². The predicted octanol–water partition coefficient (Wildman–Crippen LogP) is 0.898. The number of piperidine rings is 1. The topological polar surface area (TPSA) is 58.5 Å². The van der Waals surface area contributed by atoms with Gasteiger partial charge in [-0.2, -0.15) is 0 Å². The third-order valence-electron chi connectivity index (χ3n) is 3.77. The van der Waals surface area contributed by atoms with Gasteiger partial charge >= 0.3 is 6.03 Å². The van der Waals surface area contributed by atoms with Crippen LogP contribution in [0.4, 0.5) is 4.79 Å². The molecule has 0 aliphatic carbocycles. The molecule has 1 saturated heterocycles. The van der Waals surface area contributed by atoms with Gasteiger partial charge < -0.3 is 19.9 Å². The van der Waals surface area contributed by atoms with Gasteiger partial charge in [0.25, 0.3) is 0 Å². The summed E-state index contributed by atoms with van der Waals surface area (Å²) in [5.41, 5.74) is 0. The molecule has 6 heteroatoms. The van der Waals surface area contributed by atoms with Crippen LogP contribution in [0, 0.1) is 0 Å². The largest absolute Gasteiger partial charge is 0.383 e. The van der Waals surface area contributed by atoms with E-state index in [1.165, 1.54) is 0 Å². The number of methoxy groups -OCH3 is 1. The van der Waals surface area contributed by atoms with Crippen molar-refractivity contribution in [2.24, 2.45) is 0 Å². The highest BCUT2D eigenvalue weighted by Gasteiger charge is 2.20. The highest BCUT2D eigenvalue weighted by Crippen LogP contribution is 2.09. The summed E-state index contributed by atoms with van der Waals surface area (Å²) in [5.74, 6) is 0. The third kappa shape index (κ3) is 5.77. The van der Waals surface area contributed by atoms with E-state index in [1.807, 2.05) is 29.1 Å². The van der Waals surface area contributed by atoms with Crippen LogP contribution in [-0.4, -0.2) is 61.4 Å². The van der Waals surface area contributed by atoms with Crippen LogP contribution in [0.2, 0.25) is 0 Å². The molecular formula is C15H26N4O2. The monoisotopic (exact) mass is 294 g/mol. The Balaban J connectivity index is 1.62. The predicted molar refractivity (Wildman–Crippen MR) is 82.3 cm³/mol. The van der Waals surface area contributed by atoms with Crippen LogP contribution in [0.3, 0.4) is 0 Å². The molecule has 0 radical (unpaired) electrons. The fourth-order valence-electron chi connectivity index (χ4n) is 2.65. The number of ether oxygens (including phenoxy) is 1. The summed E-state index contributed by atoms with van der Waals surface area (Å²) in [7, 11) is 1.72. The molecule has 2 heterocycles. The van der Waals surface area contributed by atoms with Crippen molar-refractivity contribution in [3.8, 4) is 0 Å². The molecule has 0 bridgehead atoms. The molecule has 1 aromatic rings. The number of carbonyl (C=O) groups excluding carboxylic acids is 1. The van der Waals surface area contributed by atoms with E-state index in [0.29, 0.717) is 6.54 Å². The Morgan fingerprint density at radius 3 is 2.90 bits per heavy atom. The fourth-order valence-corrected chi connectivity index (χ4v) is 2.65. The van der Waals surface area contributed by atoms with E-state index in [2.05, 4.69) is 15.5 Å². The molecule has 1 aromatic heterocycles. The average Bonchev–Trinajstić information content (AvgIpc) is 2.99. The van der Waals surface area contributed by atoms with Crippen LogP contribution in [0.25, 0.3) is 0 Å². The van der Waals surface area contributed by atoms with Gasteiger partial charge in [-0.15, -0.1) is 0 Å². The highest BCUT2D eigenvalue weighted by atomic mass is 16.5. The van der Waals surface area contributed by atoms with Crippen LogP contribution in [0.5, 0.6) is 0 Å². The zero-order valence-electron chi connectivity index (χ0n) is 12.8. The molecule has 1 fully saturated rings. The maximum Gasteiger partial charge on any atom is 0.315 e. The van der Waals surface area contributed by atoms with Crippen molar-refractivity contribution < 1.29 is 9.53 Å². The van der Waals surface area contributed by atoms with Gasteiger partial charge in [0.05, 0.1) is 6.61 Å². The molecule has 2 amide bonds.